The van der Waals surface area contributed by atoms with Crippen LogP contribution in [0, 0.1) is 0 Å². The van der Waals surface area contributed by atoms with Crippen molar-refractivity contribution in [2.75, 3.05) is 59.5 Å². The minimum atomic E-state index is 0.195. The van der Waals surface area contributed by atoms with E-state index in [9.17, 15) is 0 Å². The van der Waals surface area contributed by atoms with Crippen molar-refractivity contribution < 1.29 is 14.2 Å². The van der Waals surface area contributed by atoms with E-state index in [0.717, 1.165) is 19.5 Å². The van der Waals surface area contributed by atoms with Crippen LogP contribution >= 0.6 is 21.6 Å². The fourth-order valence-electron chi connectivity index (χ4n) is 1.92. The monoisotopic (exact) mass is 351 g/mol. The van der Waals surface area contributed by atoms with Crippen LogP contribution in [0.2, 0.25) is 0 Å². The lowest BCUT2D eigenvalue weighted by Crippen LogP contribution is -2.37. The molecule has 4 nitrogen and oxygen atoms in total. The van der Waals surface area contributed by atoms with Crippen molar-refractivity contribution in [3.05, 3.63) is 12.3 Å². The molecule has 0 aromatic carbocycles. The lowest BCUT2D eigenvalue weighted by Gasteiger charge is -2.34. The second-order valence-corrected chi connectivity index (χ2v) is 8.67. The van der Waals surface area contributed by atoms with Gasteiger partial charge in [-0.25, -0.2) is 0 Å². The molecule has 0 aromatic heterocycles. The largest absolute Gasteiger partial charge is 0.382 e. The Kier molecular flexibility index (Phi) is 13.6. The number of rotatable bonds is 15. The van der Waals surface area contributed by atoms with E-state index in [1.807, 2.05) is 21.6 Å². The number of methoxy groups -OCH3 is 1. The summed E-state index contributed by atoms with van der Waals surface area (Å²) in [6, 6.07) is 0. The highest BCUT2D eigenvalue weighted by molar-refractivity contribution is 8.76. The first-order valence-electron chi connectivity index (χ1n) is 7.75. The molecule has 0 radical (unpaired) electrons. The summed E-state index contributed by atoms with van der Waals surface area (Å²) < 4.78 is 16.1. The normalized spacial score (nSPS) is 11.7. The molecule has 0 atom stereocenters. The van der Waals surface area contributed by atoms with Gasteiger partial charge in [-0.15, -0.1) is 0 Å². The smallest absolute Gasteiger partial charge is 0.0701 e. The Balaban J connectivity index is 3.98. The molecule has 0 spiro atoms. The molecule has 0 amide bonds. The van der Waals surface area contributed by atoms with Crippen LogP contribution in [0.1, 0.15) is 27.2 Å². The van der Waals surface area contributed by atoms with Crippen LogP contribution in [0.4, 0.5) is 0 Å². The molecule has 0 aromatic rings. The quantitative estimate of drug-likeness (QED) is 0.330. The third-order valence-electron chi connectivity index (χ3n) is 3.05. The van der Waals surface area contributed by atoms with Gasteiger partial charge in [0.15, 0.2) is 0 Å². The second kappa shape index (κ2) is 13.5. The van der Waals surface area contributed by atoms with Crippen molar-refractivity contribution in [3.63, 3.8) is 0 Å². The van der Waals surface area contributed by atoms with E-state index in [-0.39, 0.29) is 4.75 Å². The minimum Gasteiger partial charge on any atom is -0.382 e. The van der Waals surface area contributed by atoms with E-state index in [1.165, 1.54) is 5.70 Å². The summed E-state index contributed by atoms with van der Waals surface area (Å²) >= 11 is 0. The summed E-state index contributed by atoms with van der Waals surface area (Å²) in [7, 11) is 5.39. The Morgan fingerprint density at radius 1 is 1.09 bits per heavy atom. The van der Waals surface area contributed by atoms with Gasteiger partial charge in [0.2, 0.25) is 0 Å². The highest BCUT2D eigenvalue weighted by Gasteiger charge is 2.22. The Morgan fingerprint density at radius 2 is 1.68 bits per heavy atom. The zero-order valence-corrected chi connectivity index (χ0v) is 16.5. The fraction of sp³-hybridized carbons (Fsp3) is 0.875. The van der Waals surface area contributed by atoms with Crippen LogP contribution in [-0.2, 0) is 14.2 Å². The summed E-state index contributed by atoms with van der Waals surface area (Å²) in [4.78, 5) is 2.34. The summed E-state index contributed by atoms with van der Waals surface area (Å²) in [5.74, 6) is 0. The third kappa shape index (κ3) is 11.7. The molecule has 6 heteroatoms. The van der Waals surface area contributed by atoms with Crippen LogP contribution in [0.15, 0.2) is 12.3 Å². The maximum atomic E-state index is 5.65. The first-order chi connectivity index (χ1) is 10.5. The van der Waals surface area contributed by atoms with Crippen molar-refractivity contribution in [2.24, 2.45) is 0 Å². The number of nitrogens with zero attached hydrogens (tertiary/aromatic N) is 1. The summed E-state index contributed by atoms with van der Waals surface area (Å²) in [6.45, 7) is 15.9. The molecule has 0 heterocycles. The maximum Gasteiger partial charge on any atom is 0.0701 e. The topological polar surface area (TPSA) is 30.9 Å². The van der Waals surface area contributed by atoms with E-state index in [1.54, 1.807) is 7.11 Å². The van der Waals surface area contributed by atoms with E-state index in [2.05, 4.69) is 38.5 Å². The zero-order chi connectivity index (χ0) is 16.8. The van der Waals surface area contributed by atoms with E-state index in [0.29, 0.717) is 33.0 Å². The second-order valence-electron chi connectivity index (χ2n) is 5.57. The van der Waals surface area contributed by atoms with Crippen molar-refractivity contribution in [1.82, 2.24) is 4.90 Å². The van der Waals surface area contributed by atoms with Crippen LogP contribution in [0.25, 0.3) is 0 Å². The average Bonchev–Trinajstić information content (AvgIpc) is 2.47. The SMILES string of the molecule is C=C(CC)N(CCOCCOCCOC)CC(C)(C)SSC. The van der Waals surface area contributed by atoms with Gasteiger partial charge in [0, 0.05) is 30.6 Å². The van der Waals surface area contributed by atoms with Gasteiger partial charge in [-0.05, 0) is 26.5 Å². The summed E-state index contributed by atoms with van der Waals surface area (Å²) in [5, 5.41) is 0. The molecule has 0 unspecified atom stereocenters. The fourth-order valence-corrected chi connectivity index (χ4v) is 4.09. The van der Waals surface area contributed by atoms with Gasteiger partial charge in [-0.1, -0.05) is 35.1 Å². The molecule has 0 bridgehead atoms. The van der Waals surface area contributed by atoms with Gasteiger partial charge in [0.05, 0.1) is 33.0 Å². The Bertz CT molecular complexity index is 289. The number of ether oxygens (including phenoxy) is 3. The average molecular weight is 352 g/mol. The van der Waals surface area contributed by atoms with Crippen LogP contribution in [0.5, 0.6) is 0 Å². The van der Waals surface area contributed by atoms with Gasteiger partial charge in [-0.3, -0.25) is 0 Å². The van der Waals surface area contributed by atoms with Crippen LogP contribution in [0.3, 0.4) is 0 Å². The Morgan fingerprint density at radius 3 is 2.23 bits per heavy atom. The molecule has 0 aliphatic rings. The minimum absolute atomic E-state index is 0.195. The molecule has 0 N–H and O–H groups in total. The van der Waals surface area contributed by atoms with Crippen LogP contribution in [-0.4, -0.2) is 69.1 Å². The Hall–Kier alpha value is 0.120. The van der Waals surface area contributed by atoms with Crippen molar-refractivity contribution in [2.45, 2.75) is 31.9 Å². The van der Waals surface area contributed by atoms with Crippen LogP contribution < -0.4 is 0 Å². The Labute approximate surface area is 144 Å². The highest BCUT2D eigenvalue weighted by Crippen LogP contribution is 2.34. The standard InChI is InChI=1S/C16H33NO3S2/c1-7-15(2)17(14-16(3,4)22-21-6)8-9-19-12-13-20-11-10-18-5/h2,7-14H2,1,3-6H3. The van der Waals surface area contributed by atoms with Gasteiger partial charge in [-0.2, -0.15) is 0 Å². The van der Waals surface area contributed by atoms with Crippen molar-refractivity contribution >= 4 is 21.6 Å². The molecule has 0 aliphatic heterocycles. The molecule has 22 heavy (non-hydrogen) atoms. The van der Waals surface area contributed by atoms with Crippen molar-refractivity contribution in [3.8, 4) is 0 Å². The predicted molar refractivity (Wildman–Crippen MR) is 99.7 cm³/mol. The molecular formula is C16H33NO3S2. The molecule has 0 saturated carbocycles. The van der Waals surface area contributed by atoms with Crippen molar-refractivity contribution in [1.29, 1.82) is 0 Å². The third-order valence-corrected chi connectivity index (χ3v) is 5.65. The van der Waals surface area contributed by atoms with E-state index in [4.69, 9.17) is 14.2 Å². The van der Waals surface area contributed by atoms with Gasteiger partial charge in [0.25, 0.3) is 0 Å². The summed E-state index contributed by atoms with van der Waals surface area (Å²) in [5.41, 5.74) is 1.18. The van der Waals surface area contributed by atoms with E-state index < -0.39 is 0 Å². The molecule has 0 rings (SSSR count). The maximum absolute atomic E-state index is 5.65. The first kappa shape index (κ1) is 22.1. The number of allylic oxidation sites excluding steroid dienone is 1. The summed E-state index contributed by atoms with van der Waals surface area (Å²) in [6.07, 6.45) is 3.10. The van der Waals surface area contributed by atoms with Gasteiger partial charge >= 0.3 is 0 Å². The highest BCUT2D eigenvalue weighted by atomic mass is 33.1. The molecular weight excluding hydrogens is 318 g/mol. The lowest BCUT2D eigenvalue weighted by molar-refractivity contribution is 0.0209. The molecule has 0 fully saturated rings. The van der Waals surface area contributed by atoms with Gasteiger partial charge in [0.1, 0.15) is 0 Å². The number of hydrogen-bond donors (Lipinski definition) is 0. The lowest BCUT2D eigenvalue weighted by atomic mass is 10.1. The molecule has 132 valence electrons. The molecule has 0 saturated heterocycles. The zero-order valence-electron chi connectivity index (χ0n) is 14.9. The van der Waals surface area contributed by atoms with E-state index >= 15 is 0 Å². The molecule has 0 aliphatic carbocycles. The first-order valence-corrected chi connectivity index (χ1v) is 10.3. The number of hydrogen-bond acceptors (Lipinski definition) is 6. The van der Waals surface area contributed by atoms with Gasteiger partial charge < -0.3 is 19.1 Å². The predicted octanol–water partition coefficient (Wildman–Crippen LogP) is 3.68.